The molecule has 1 N–H and O–H groups in total. The summed E-state index contributed by atoms with van der Waals surface area (Å²) >= 11 is 12.0. The molecule has 162 valence electrons. The number of nitrogens with one attached hydrogen (secondary N) is 1. The second-order valence-corrected chi connectivity index (χ2v) is 8.63. The van der Waals surface area contributed by atoms with E-state index in [4.69, 9.17) is 28.6 Å². The molecule has 7 heteroatoms. The highest BCUT2D eigenvalue weighted by Crippen LogP contribution is 2.41. The van der Waals surface area contributed by atoms with Gasteiger partial charge in [-0.25, -0.2) is 0 Å². The van der Waals surface area contributed by atoms with Gasteiger partial charge in [0.25, 0.3) is 0 Å². The van der Waals surface area contributed by atoms with E-state index in [0.717, 1.165) is 40.2 Å². The Hall–Kier alpha value is -2.41. The van der Waals surface area contributed by atoms with Crippen molar-refractivity contribution in [3.63, 3.8) is 0 Å². The Morgan fingerprint density at radius 3 is 2.71 bits per heavy atom. The maximum atomic E-state index is 6.28. The Balaban J connectivity index is 1.79. The number of hydrogen-bond acceptors (Lipinski definition) is 3. The van der Waals surface area contributed by atoms with Gasteiger partial charge in [-0.15, -0.1) is 0 Å². The van der Waals surface area contributed by atoms with Crippen molar-refractivity contribution >= 4 is 28.9 Å². The van der Waals surface area contributed by atoms with E-state index >= 15 is 0 Å². The van der Waals surface area contributed by atoms with Gasteiger partial charge in [-0.1, -0.05) is 23.7 Å². The smallest absolute Gasteiger partial charge is 0.170 e. The van der Waals surface area contributed by atoms with E-state index < -0.39 is 0 Å². The number of nitrogens with zero attached hydrogens (tertiary/aromatic N) is 3. The first kappa shape index (κ1) is 21.8. The van der Waals surface area contributed by atoms with Crippen molar-refractivity contribution in [2.45, 2.75) is 32.4 Å². The summed E-state index contributed by atoms with van der Waals surface area (Å²) in [4.78, 5) is 6.91. The highest BCUT2D eigenvalue weighted by Gasteiger charge is 2.41. The number of aromatic nitrogens is 2. The molecule has 3 aromatic rings. The molecule has 4 rings (SSSR count). The van der Waals surface area contributed by atoms with Crippen LogP contribution in [-0.2, 0) is 4.74 Å². The number of ether oxygens (including phenoxy) is 1. The summed E-state index contributed by atoms with van der Waals surface area (Å²) in [7, 11) is 1.73. The summed E-state index contributed by atoms with van der Waals surface area (Å²) in [6.45, 7) is 5.80. The molecule has 0 unspecified atom stereocenters. The fourth-order valence-corrected chi connectivity index (χ4v) is 4.98. The van der Waals surface area contributed by atoms with Crippen LogP contribution in [0.2, 0.25) is 5.02 Å². The van der Waals surface area contributed by atoms with E-state index in [1.165, 1.54) is 11.3 Å². The predicted molar refractivity (Wildman–Crippen MR) is 129 cm³/mol. The van der Waals surface area contributed by atoms with Crippen molar-refractivity contribution < 1.29 is 4.74 Å². The Kier molecular flexibility index (Phi) is 6.60. The molecular formula is C24H27ClN4OS. The van der Waals surface area contributed by atoms with Gasteiger partial charge in [0.05, 0.1) is 17.8 Å². The van der Waals surface area contributed by atoms with Crippen LogP contribution in [0.25, 0.3) is 5.69 Å². The number of halogens is 1. The third kappa shape index (κ3) is 4.33. The van der Waals surface area contributed by atoms with Gasteiger partial charge in [-0.2, -0.15) is 0 Å². The van der Waals surface area contributed by atoms with Gasteiger partial charge < -0.3 is 19.5 Å². The molecule has 2 aromatic heterocycles. The first-order chi connectivity index (χ1) is 15.0. The highest BCUT2D eigenvalue weighted by molar-refractivity contribution is 7.80. The van der Waals surface area contributed by atoms with E-state index in [0.29, 0.717) is 6.61 Å². The fraction of sp³-hybridized carbons (Fsp3) is 0.333. The Morgan fingerprint density at radius 2 is 2.00 bits per heavy atom. The summed E-state index contributed by atoms with van der Waals surface area (Å²) in [6.07, 6.45) is 2.73. The van der Waals surface area contributed by atoms with Crippen LogP contribution >= 0.6 is 23.8 Å². The molecular weight excluding hydrogens is 428 g/mol. The van der Waals surface area contributed by atoms with Crippen molar-refractivity contribution in [1.82, 2.24) is 19.8 Å². The minimum absolute atomic E-state index is 0.0236. The molecule has 31 heavy (non-hydrogen) atoms. The molecule has 0 bridgehead atoms. The number of methoxy groups -OCH3 is 1. The van der Waals surface area contributed by atoms with Crippen LogP contribution in [0, 0.1) is 13.8 Å². The number of pyridine rings is 1. The summed E-state index contributed by atoms with van der Waals surface area (Å²) in [6, 6.07) is 16.3. The standard InChI is InChI=1S/C24H27ClN4OS/c1-16-14-20(17(2)29(16)19-9-6-8-18(25)15-19)23-22(21-10-4-5-11-26-21)27-24(31)28(23)12-7-13-30-3/h4-6,8-11,14-15,22-23H,7,12-13H2,1-3H3,(H,27,31)/t22-,23+/m0/s1. The second-order valence-electron chi connectivity index (χ2n) is 7.81. The average Bonchev–Trinajstić information content (AvgIpc) is 3.24. The van der Waals surface area contributed by atoms with E-state index in [9.17, 15) is 0 Å². The van der Waals surface area contributed by atoms with Gasteiger partial charge in [0.2, 0.25) is 0 Å². The van der Waals surface area contributed by atoms with Crippen molar-refractivity contribution in [2.24, 2.45) is 0 Å². The van der Waals surface area contributed by atoms with Crippen LogP contribution in [0.4, 0.5) is 0 Å². The van der Waals surface area contributed by atoms with Crippen LogP contribution in [-0.4, -0.2) is 39.8 Å². The van der Waals surface area contributed by atoms with Crippen LogP contribution < -0.4 is 5.32 Å². The van der Waals surface area contributed by atoms with Crippen LogP contribution in [0.3, 0.4) is 0 Å². The Morgan fingerprint density at radius 1 is 1.16 bits per heavy atom. The molecule has 0 spiro atoms. The van der Waals surface area contributed by atoms with Crippen molar-refractivity contribution in [3.05, 3.63) is 82.4 Å². The van der Waals surface area contributed by atoms with Gasteiger partial charge in [0.1, 0.15) is 0 Å². The monoisotopic (exact) mass is 454 g/mol. The molecule has 0 radical (unpaired) electrons. The van der Waals surface area contributed by atoms with E-state index in [-0.39, 0.29) is 12.1 Å². The van der Waals surface area contributed by atoms with Crippen LogP contribution in [0.5, 0.6) is 0 Å². The second kappa shape index (κ2) is 9.39. The first-order valence-corrected chi connectivity index (χ1v) is 11.2. The van der Waals surface area contributed by atoms with Gasteiger partial charge in [0.15, 0.2) is 5.11 Å². The maximum Gasteiger partial charge on any atom is 0.170 e. The van der Waals surface area contributed by atoms with Crippen molar-refractivity contribution in [2.75, 3.05) is 20.3 Å². The zero-order valence-corrected chi connectivity index (χ0v) is 19.6. The third-order valence-corrected chi connectivity index (χ3v) is 6.39. The summed E-state index contributed by atoms with van der Waals surface area (Å²) < 4.78 is 7.54. The zero-order valence-electron chi connectivity index (χ0n) is 18.0. The fourth-order valence-electron chi connectivity index (χ4n) is 4.46. The summed E-state index contributed by atoms with van der Waals surface area (Å²) in [5, 5.41) is 5.00. The molecule has 2 atom stereocenters. The summed E-state index contributed by atoms with van der Waals surface area (Å²) in [5.41, 5.74) is 5.61. The lowest BCUT2D eigenvalue weighted by Gasteiger charge is -2.28. The molecule has 0 saturated carbocycles. The molecule has 1 aliphatic rings. The predicted octanol–water partition coefficient (Wildman–Crippen LogP) is 5.15. The van der Waals surface area contributed by atoms with Gasteiger partial charge >= 0.3 is 0 Å². The molecule has 1 aliphatic heterocycles. The lowest BCUT2D eigenvalue weighted by Crippen LogP contribution is -2.31. The van der Waals surface area contributed by atoms with E-state index in [2.05, 4.69) is 51.8 Å². The Labute approximate surface area is 194 Å². The third-order valence-electron chi connectivity index (χ3n) is 5.80. The van der Waals surface area contributed by atoms with Crippen molar-refractivity contribution in [3.8, 4) is 5.69 Å². The Bertz CT molecular complexity index is 1070. The van der Waals surface area contributed by atoms with Crippen LogP contribution in [0.15, 0.2) is 54.7 Å². The highest BCUT2D eigenvalue weighted by atomic mass is 35.5. The SMILES string of the molecule is COCCCN1C(=S)N[C@@H](c2ccccn2)[C@H]1c1cc(C)n(-c2cccc(Cl)c2)c1C. The van der Waals surface area contributed by atoms with Crippen LogP contribution in [0.1, 0.15) is 41.1 Å². The molecule has 0 aliphatic carbocycles. The first-order valence-electron chi connectivity index (χ1n) is 10.4. The zero-order chi connectivity index (χ0) is 22.0. The molecule has 1 saturated heterocycles. The number of thiocarbonyl (C=S) groups is 1. The number of aryl methyl sites for hydroxylation is 1. The largest absolute Gasteiger partial charge is 0.385 e. The minimum atomic E-state index is -0.0236. The van der Waals surface area contributed by atoms with Gasteiger partial charge in [-0.3, -0.25) is 4.98 Å². The number of rotatable bonds is 7. The molecule has 5 nitrogen and oxygen atoms in total. The number of benzene rings is 1. The average molecular weight is 455 g/mol. The topological polar surface area (TPSA) is 42.3 Å². The molecule has 0 amide bonds. The summed E-state index contributed by atoms with van der Waals surface area (Å²) in [5.74, 6) is 0. The maximum absolute atomic E-state index is 6.28. The van der Waals surface area contributed by atoms with E-state index in [1.807, 2.05) is 36.5 Å². The number of hydrogen-bond donors (Lipinski definition) is 1. The molecule has 3 heterocycles. The lowest BCUT2D eigenvalue weighted by atomic mass is 9.96. The van der Waals surface area contributed by atoms with E-state index in [1.54, 1.807) is 7.11 Å². The molecule has 1 fully saturated rings. The van der Waals surface area contributed by atoms with Crippen molar-refractivity contribution in [1.29, 1.82) is 0 Å². The normalized spacial score (nSPS) is 18.5. The minimum Gasteiger partial charge on any atom is -0.385 e. The lowest BCUT2D eigenvalue weighted by molar-refractivity contribution is 0.180. The van der Waals surface area contributed by atoms with Gasteiger partial charge in [-0.05, 0) is 74.4 Å². The quantitative estimate of drug-likeness (QED) is 0.395. The molecule has 1 aromatic carbocycles. The van der Waals surface area contributed by atoms with Gasteiger partial charge in [0, 0.05) is 48.6 Å².